The van der Waals surface area contributed by atoms with Crippen LogP contribution in [0.25, 0.3) is 0 Å². The van der Waals surface area contributed by atoms with Crippen LogP contribution in [0.4, 0.5) is 4.39 Å². The first kappa shape index (κ1) is 13.0. The minimum Gasteiger partial charge on any atom is -0.392 e. The second kappa shape index (κ2) is 5.94. The molecule has 0 bridgehead atoms. The average Bonchev–Trinajstić information content (AvgIpc) is 2.28. The van der Waals surface area contributed by atoms with Gasteiger partial charge in [-0.25, -0.2) is 4.39 Å². The summed E-state index contributed by atoms with van der Waals surface area (Å²) >= 11 is 3.25. The standard InChI is InChI=1S/C13H16BrFO2/c14-11-4-9(5-12(15)7-11)6-13(16)10-2-1-3-17-8-10/h4-5,7,10,13,16H,1-3,6,8H2. The zero-order valence-corrected chi connectivity index (χ0v) is 11.1. The summed E-state index contributed by atoms with van der Waals surface area (Å²) in [6, 6.07) is 4.73. The van der Waals surface area contributed by atoms with Gasteiger partial charge in [0.1, 0.15) is 5.82 Å². The van der Waals surface area contributed by atoms with Crippen LogP contribution in [0.15, 0.2) is 22.7 Å². The van der Waals surface area contributed by atoms with Gasteiger partial charge in [0.15, 0.2) is 0 Å². The molecule has 2 atom stereocenters. The van der Waals surface area contributed by atoms with E-state index in [9.17, 15) is 9.50 Å². The minimum atomic E-state index is -0.455. The maximum Gasteiger partial charge on any atom is 0.124 e. The molecule has 0 radical (unpaired) electrons. The number of rotatable bonds is 3. The Hall–Kier alpha value is -0.450. The van der Waals surface area contributed by atoms with Crippen molar-refractivity contribution in [2.75, 3.05) is 13.2 Å². The molecule has 94 valence electrons. The SMILES string of the molecule is OC(Cc1cc(F)cc(Br)c1)C1CCCOC1. The van der Waals surface area contributed by atoms with Crippen molar-refractivity contribution in [3.05, 3.63) is 34.1 Å². The Kier molecular flexibility index (Phi) is 4.54. The molecule has 0 amide bonds. The summed E-state index contributed by atoms with van der Waals surface area (Å²) in [6.07, 6.45) is 2.00. The third-order valence-corrected chi connectivity index (χ3v) is 3.56. The highest BCUT2D eigenvalue weighted by molar-refractivity contribution is 9.10. The predicted octanol–water partition coefficient (Wildman–Crippen LogP) is 2.92. The quantitative estimate of drug-likeness (QED) is 0.930. The van der Waals surface area contributed by atoms with Crippen molar-refractivity contribution in [1.29, 1.82) is 0 Å². The van der Waals surface area contributed by atoms with Gasteiger partial charge in [0.2, 0.25) is 0 Å². The molecule has 1 N–H and O–H groups in total. The number of aliphatic hydroxyl groups is 1. The summed E-state index contributed by atoms with van der Waals surface area (Å²) in [5.41, 5.74) is 0.815. The third kappa shape index (κ3) is 3.76. The predicted molar refractivity (Wildman–Crippen MR) is 67.4 cm³/mol. The van der Waals surface area contributed by atoms with E-state index in [1.807, 2.05) is 6.07 Å². The van der Waals surface area contributed by atoms with E-state index < -0.39 is 6.10 Å². The lowest BCUT2D eigenvalue weighted by Gasteiger charge is -2.26. The minimum absolute atomic E-state index is 0.172. The molecule has 1 aromatic carbocycles. The van der Waals surface area contributed by atoms with E-state index in [4.69, 9.17) is 4.74 Å². The molecule has 1 fully saturated rings. The fraction of sp³-hybridized carbons (Fsp3) is 0.538. The van der Waals surface area contributed by atoms with Gasteiger partial charge in [0.05, 0.1) is 12.7 Å². The van der Waals surface area contributed by atoms with Crippen molar-refractivity contribution in [1.82, 2.24) is 0 Å². The topological polar surface area (TPSA) is 29.5 Å². The first-order valence-electron chi connectivity index (χ1n) is 5.86. The van der Waals surface area contributed by atoms with E-state index in [1.54, 1.807) is 0 Å². The molecule has 0 aromatic heterocycles. The van der Waals surface area contributed by atoms with Crippen LogP contribution in [0, 0.1) is 11.7 Å². The molecule has 1 aliphatic rings. The molecule has 1 heterocycles. The van der Waals surface area contributed by atoms with Gasteiger partial charge in [0, 0.05) is 17.0 Å². The van der Waals surface area contributed by atoms with Gasteiger partial charge >= 0.3 is 0 Å². The largest absolute Gasteiger partial charge is 0.392 e. The van der Waals surface area contributed by atoms with E-state index in [-0.39, 0.29) is 11.7 Å². The van der Waals surface area contributed by atoms with Gasteiger partial charge in [-0.1, -0.05) is 15.9 Å². The third-order valence-electron chi connectivity index (χ3n) is 3.11. The molecule has 4 heteroatoms. The second-order valence-corrected chi connectivity index (χ2v) is 5.44. The van der Waals surface area contributed by atoms with Crippen LogP contribution in [0.2, 0.25) is 0 Å². The van der Waals surface area contributed by atoms with Gasteiger partial charge in [0.25, 0.3) is 0 Å². The van der Waals surface area contributed by atoms with E-state index in [1.165, 1.54) is 12.1 Å². The molecule has 0 saturated carbocycles. The van der Waals surface area contributed by atoms with E-state index >= 15 is 0 Å². The summed E-state index contributed by atoms with van der Waals surface area (Å²) in [6.45, 7) is 1.40. The normalized spacial score (nSPS) is 22.4. The molecule has 2 nitrogen and oxygen atoms in total. The first-order chi connectivity index (χ1) is 8.15. The molecule has 2 rings (SSSR count). The van der Waals surface area contributed by atoms with Crippen molar-refractivity contribution in [3.8, 4) is 0 Å². The van der Waals surface area contributed by atoms with Crippen LogP contribution in [0.3, 0.4) is 0 Å². The van der Waals surface area contributed by atoms with Gasteiger partial charge in [-0.3, -0.25) is 0 Å². The molecule has 17 heavy (non-hydrogen) atoms. The van der Waals surface area contributed by atoms with E-state index in [2.05, 4.69) is 15.9 Å². The van der Waals surface area contributed by atoms with Crippen molar-refractivity contribution in [2.45, 2.75) is 25.4 Å². The Morgan fingerprint density at radius 3 is 2.94 bits per heavy atom. The monoisotopic (exact) mass is 302 g/mol. The molecule has 2 unspecified atom stereocenters. The highest BCUT2D eigenvalue weighted by Gasteiger charge is 2.22. The first-order valence-corrected chi connectivity index (χ1v) is 6.65. The Morgan fingerprint density at radius 1 is 1.47 bits per heavy atom. The number of benzene rings is 1. The average molecular weight is 303 g/mol. The van der Waals surface area contributed by atoms with Crippen LogP contribution in [-0.2, 0) is 11.2 Å². The Balaban J connectivity index is 1.99. The zero-order valence-electron chi connectivity index (χ0n) is 9.53. The van der Waals surface area contributed by atoms with Crippen LogP contribution >= 0.6 is 15.9 Å². The number of aliphatic hydroxyl groups excluding tert-OH is 1. The molecule has 0 aliphatic carbocycles. The smallest absolute Gasteiger partial charge is 0.124 e. The molecule has 1 saturated heterocycles. The Labute approximate surface area is 109 Å². The molecule has 0 spiro atoms. The van der Waals surface area contributed by atoms with Gasteiger partial charge in [-0.2, -0.15) is 0 Å². The van der Waals surface area contributed by atoms with Gasteiger partial charge in [-0.05, 0) is 43.0 Å². The number of hydrogen-bond donors (Lipinski definition) is 1. The second-order valence-electron chi connectivity index (χ2n) is 4.53. The van der Waals surface area contributed by atoms with Crippen LogP contribution in [0.5, 0.6) is 0 Å². The zero-order chi connectivity index (χ0) is 12.3. The van der Waals surface area contributed by atoms with Crippen LogP contribution in [0.1, 0.15) is 18.4 Å². The van der Waals surface area contributed by atoms with Crippen molar-refractivity contribution in [3.63, 3.8) is 0 Å². The number of ether oxygens (including phenoxy) is 1. The lowest BCUT2D eigenvalue weighted by Crippen LogP contribution is -2.30. The van der Waals surface area contributed by atoms with E-state index in [0.29, 0.717) is 17.5 Å². The molecular weight excluding hydrogens is 287 g/mol. The summed E-state index contributed by atoms with van der Waals surface area (Å²) in [4.78, 5) is 0. The lowest BCUT2D eigenvalue weighted by atomic mass is 9.91. The van der Waals surface area contributed by atoms with Crippen LogP contribution in [-0.4, -0.2) is 24.4 Å². The van der Waals surface area contributed by atoms with Crippen molar-refractivity contribution >= 4 is 15.9 Å². The van der Waals surface area contributed by atoms with Gasteiger partial charge < -0.3 is 9.84 Å². The maximum absolute atomic E-state index is 13.2. The summed E-state index contributed by atoms with van der Waals surface area (Å²) in [5, 5.41) is 10.1. The van der Waals surface area contributed by atoms with Crippen molar-refractivity contribution < 1.29 is 14.2 Å². The molecular formula is C13H16BrFO2. The summed E-state index contributed by atoms with van der Waals surface area (Å²) in [5.74, 6) is -0.104. The molecule has 1 aromatic rings. The fourth-order valence-corrected chi connectivity index (χ4v) is 2.72. The van der Waals surface area contributed by atoms with Gasteiger partial charge in [-0.15, -0.1) is 0 Å². The van der Waals surface area contributed by atoms with E-state index in [0.717, 1.165) is 25.0 Å². The van der Waals surface area contributed by atoms with Crippen LogP contribution < -0.4 is 0 Å². The Morgan fingerprint density at radius 2 is 2.29 bits per heavy atom. The van der Waals surface area contributed by atoms with Crippen molar-refractivity contribution in [2.24, 2.45) is 5.92 Å². The summed E-state index contributed by atoms with van der Waals surface area (Å²) in [7, 11) is 0. The number of hydrogen-bond acceptors (Lipinski definition) is 2. The lowest BCUT2D eigenvalue weighted by molar-refractivity contribution is -0.00848. The summed E-state index contributed by atoms with van der Waals surface area (Å²) < 4.78 is 19.2. The highest BCUT2D eigenvalue weighted by atomic mass is 79.9. The Bertz CT molecular complexity index is 357. The fourth-order valence-electron chi connectivity index (χ4n) is 2.21. The maximum atomic E-state index is 13.2. The highest BCUT2D eigenvalue weighted by Crippen LogP contribution is 2.22. The number of halogens is 2. The molecule has 1 aliphatic heterocycles.